The van der Waals surface area contributed by atoms with Crippen LogP contribution in [0.3, 0.4) is 0 Å². The van der Waals surface area contributed by atoms with Crippen LogP contribution in [-0.2, 0) is 5.54 Å². The lowest BCUT2D eigenvalue weighted by molar-refractivity contribution is 0.447. The third-order valence-corrected chi connectivity index (χ3v) is 2.70. The molecule has 3 heterocycles. The lowest BCUT2D eigenvalue weighted by Gasteiger charge is -2.17. The van der Waals surface area contributed by atoms with Crippen molar-refractivity contribution in [2.75, 3.05) is 6.54 Å². The number of nitrogens with zero attached hydrogens (tertiary/aromatic N) is 6. The van der Waals surface area contributed by atoms with Crippen LogP contribution in [0, 0.1) is 0 Å². The highest BCUT2D eigenvalue weighted by atomic mass is 15.5. The average molecular weight is 222 g/mol. The highest BCUT2D eigenvalue weighted by molar-refractivity contribution is 5.11. The summed E-state index contributed by atoms with van der Waals surface area (Å²) in [5.74, 6) is 1.09. The molecule has 2 aromatic rings. The van der Waals surface area contributed by atoms with Gasteiger partial charge in [-0.3, -0.25) is 0 Å². The number of nitrogens with one attached hydrogen (secondary N) is 3. The zero-order valence-corrected chi connectivity index (χ0v) is 8.25. The molecule has 84 valence electrons. The van der Waals surface area contributed by atoms with Gasteiger partial charge in [0.2, 0.25) is 0 Å². The largest absolute Gasteiger partial charge is 0.318 e. The molecular weight excluding hydrogens is 212 g/mol. The second kappa shape index (κ2) is 3.28. The molecule has 2 atom stereocenters. The number of hydrogen-bond acceptors (Lipinski definition) is 8. The van der Waals surface area contributed by atoms with Gasteiger partial charge in [0.1, 0.15) is 0 Å². The normalized spacial score (nSPS) is 29.7. The second-order valence-corrected chi connectivity index (χ2v) is 3.80. The maximum atomic E-state index is 6.19. The Hall–Kier alpha value is -1.94. The minimum Gasteiger partial charge on any atom is -0.318 e. The molecule has 0 amide bonds. The molecule has 1 aliphatic heterocycles. The minimum atomic E-state index is -0.641. The van der Waals surface area contributed by atoms with Gasteiger partial charge in [-0.25, -0.2) is 0 Å². The predicted octanol–water partition coefficient (Wildman–Crippen LogP) is -2.40. The van der Waals surface area contributed by atoms with Crippen molar-refractivity contribution < 1.29 is 0 Å². The van der Waals surface area contributed by atoms with Gasteiger partial charge in [-0.2, -0.15) is 10.4 Å². The van der Waals surface area contributed by atoms with Crippen molar-refractivity contribution in [2.24, 2.45) is 5.73 Å². The van der Waals surface area contributed by atoms with Gasteiger partial charge >= 0.3 is 0 Å². The van der Waals surface area contributed by atoms with Gasteiger partial charge in [-0.05, 0) is 6.42 Å². The lowest BCUT2D eigenvalue weighted by atomic mass is 9.96. The average Bonchev–Trinajstić information content (AvgIpc) is 3.00. The van der Waals surface area contributed by atoms with Crippen molar-refractivity contribution in [3.05, 3.63) is 11.6 Å². The summed E-state index contributed by atoms with van der Waals surface area (Å²) < 4.78 is 0. The molecule has 5 N–H and O–H groups in total. The molecule has 0 spiro atoms. The van der Waals surface area contributed by atoms with Gasteiger partial charge in [-0.15, -0.1) is 20.4 Å². The fourth-order valence-electron chi connectivity index (χ4n) is 1.86. The summed E-state index contributed by atoms with van der Waals surface area (Å²) in [6, 6.07) is -0.0396. The molecule has 1 aliphatic rings. The van der Waals surface area contributed by atoms with E-state index in [9.17, 15) is 0 Å². The zero-order chi connectivity index (χ0) is 11.0. The minimum absolute atomic E-state index is 0.0396. The third-order valence-electron chi connectivity index (χ3n) is 2.70. The smallest absolute Gasteiger partial charge is 0.195 e. The van der Waals surface area contributed by atoms with Gasteiger partial charge in [0, 0.05) is 6.54 Å². The topological polar surface area (TPSA) is 147 Å². The van der Waals surface area contributed by atoms with Crippen LogP contribution in [0.2, 0.25) is 0 Å². The van der Waals surface area contributed by atoms with E-state index < -0.39 is 5.54 Å². The first-order valence-electron chi connectivity index (χ1n) is 4.77. The Labute approximate surface area is 89.4 Å². The summed E-state index contributed by atoms with van der Waals surface area (Å²) in [5, 5.41) is 30.7. The Bertz CT molecular complexity index is 448. The molecule has 10 heteroatoms. The molecule has 3 rings (SSSR count). The van der Waals surface area contributed by atoms with E-state index in [1.165, 1.54) is 0 Å². The van der Waals surface area contributed by atoms with Crippen molar-refractivity contribution >= 4 is 0 Å². The maximum absolute atomic E-state index is 6.19. The van der Waals surface area contributed by atoms with E-state index in [2.05, 4.69) is 46.6 Å². The third kappa shape index (κ3) is 1.35. The molecule has 0 radical (unpaired) electrons. The highest BCUT2D eigenvalue weighted by Crippen LogP contribution is 2.31. The maximum Gasteiger partial charge on any atom is 0.195 e. The van der Waals surface area contributed by atoms with Crippen LogP contribution in [0.15, 0.2) is 0 Å². The van der Waals surface area contributed by atoms with E-state index in [4.69, 9.17) is 5.73 Å². The number of aromatic amines is 2. The van der Waals surface area contributed by atoms with Crippen LogP contribution in [-0.4, -0.2) is 47.8 Å². The first-order valence-corrected chi connectivity index (χ1v) is 4.77. The number of hydrogen-bond donors (Lipinski definition) is 4. The molecule has 2 aromatic heterocycles. The van der Waals surface area contributed by atoms with Crippen molar-refractivity contribution in [1.29, 1.82) is 0 Å². The zero-order valence-electron chi connectivity index (χ0n) is 8.25. The van der Waals surface area contributed by atoms with Crippen molar-refractivity contribution in [2.45, 2.75) is 18.0 Å². The van der Waals surface area contributed by atoms with E-state index in [0.717, 1.165) is 0 Å². The summed E-state index contributed by atoms with van der Waals surface area (Å²) in [6.07, 6.45) is 0.603. The van der Waals surface area contributed by atoms with Crippen LogP contribution in [0.25, 0.3) is 0 Å². The quantitative estimate of drug-likeness (QED) is 0.439. The Morgan fingerprint density at radius 3 is 2.69 bits per heavy atom. The van der Waals surface area contributed by atoms with E-state index in [-0.39, 0.29) is 6.04 Å². The number of tetrazole rings is 2. The van der Waals surface area contributed by atoms with E-state index in [0.29, 0.717) is 24.6 Å². The van der Waals surface area contributed by atoms with Gasteiger partial charge < -0.3 is 11.1 Å². The molecule has 10 nitrogen and oxygen atoms in total. The molecular formula is C6H10N10. The van der Waals surface area contributed by atoms with E-state index in [1.54, 1.807) is 0 Å². The number of H-pyrrole nitrogens is 2. The Morgan fingerprint density at radius 2 is 2.00 bits per heavy atom. The van der Waals surface area contributed by atoms with Crippen LogP contribution in [0.4, 0.5) is 0 Å². The number of nitrogens with two attached hydrogens (primary N) is 1. The van der Waals surface area contributed by atoms with Crippen LogP contribution in [0.5, 0.6) is 0 Å². The Balaban J connectivity index is 1.83. The van der Waals surface area contributed by atoms with Gasteiger partial charge in [0.05, 0.1) is 11.6 Å². The predicted molar refractivity (Wildman–Crippen MR) is 49.6 cm³/mol. The van der Waals surface area contributed by atoms with E-state index >= 15 is 0 Å². The van der Waals surface area contributed by atoms with E-state index in [1.807, 2.05) is 0 Å². The molecule has 0 saturated carbocycles. The summed E-state index contributed by atoms with van der Waals surface area (Å²) in [4.78, 5) is 0. The first-order chi connectivity index (χ1) is 7.78. The van der Waals surface area contributed by atoms with Crippen LogP contribution < -0.4 is 11.1 Å². The highest BCUT2D eigenvalue weighted by Gasteiger charge is 2.42. The van der Waals surface area contributed by atoms with Crippen LogP contribution >= 0.6 is 0 Å². The van der Waals surface area contributed by atoms with Crippen molar-refractivity contribution in [3.8, 4) is 0 Å². The van der Waals surface area contributed by atoms with Crippen molar-refractivity contribution in [3.63, 3.8) is 0 Å². The number of aromatic nitrogens is 8. The van der Waals surface area contributed by atoms with Gasteiger partial charge in [0.25, 0.3) is 0 Å². The fourth-order valence-corrected chi connectivity index (χ4v) is 1.86. The summed E-state index contributed by atoms with van der Waals surface area (Å²) in [7, 11) is 0. The van der Waals surface area contributed by atoms with Gasteiger partial charge in [-0.1, -0.05) is 10.4 Å². The fraction of sp³-hybridized carbons (Fsp3) is 0.667. The molecule has 0 aromatic carbocycles. The lowest BCUT2D eigenvalue weighted by Crippen LogP contribution is -2.39. The summed E-state index contributed by atoms with van der Waals surface area (Å²) >= 11 is 0. The Morgan fingerprint density at radius 1 is 1.19 bits per heavy atom. The van der Waals surface area contributed by atoms with Crippen molar-refractivity contribution in [1.82, 2.24) is 46.6 Å². The molecule has 0 bridgehead atoms. The summed E-state index contributed by atoms with van der Waals surface area (Å²) in [6.45, 7) is 0.547. The molecule has 0 unspecified atom stereocenters. The Kier molecular flexibility index (Phi) is 1.91. The molecule has 1 saturated heterocycles. The van der Waals surface area contributed by atoms with Crippen LogP contribution in [0.1, 0.15) is 24.1 Å². The number of rotatable bonds is 2. The summed E-state index contributed by atoms with van der Waals surface area (Å²) in [5.41, 5.74) is 5.55. The molecule has 1 fully saturated rings. The van der Waals surface area contributed by atoms with Gasteiger partial charge in [0.15, 0.2) is 11.6 Å². The monoisotopic (exact) mass is 222 g/mol. The molecule has 16 heavy (non-hydrogen) atoms. The SMILES string of the molecule is N[C@@]1(c2nn[nH]n2)CN[C@@H](c2nn[nH]n2)C1. The first kappa shape index (κ1) is 9.30. The second-order valence-electron chi connectivity index (χ2n) is 3.80. The standard InChI is InChI=1S/C6H10N10/c7-6(5-11-15-16-12-5)1-3(8-2-6)4-9-13-14-10-4/h3,8H,1-2,7H2,(H,9,10,13,14)(H,11,12,15,16)/t3-,6-/m1/s1. The molecule has 0 aliphatic carbocycles.